The number of amides is 1. The van der Waals surface area contributed by atoms with Crippen LogP contribution in [0.1, 0.15) is 48.8 Å². The Kier molecular flexibility index (Phi) is 10.4. The number of halogens is 1. The van der Waals surface area contributed by atoms with Crippen LogP contribution in [0.4, 0.5) is 22.5 Å². The van der Waals surface area contributed by atoms with Crippen LogP contribution in [0.5, 0.6) is 0 Å². The number of hydrogen-bond donors (Lipinski definition) is 2. The van der Waals surface area contributed by atoms with Gasteiger partial charge in [-0.3, -0.25) is 4.79 Å². The maximum absolute atomic E-state index is 12.8. The molecule has 40 heavy (non-hydrogen) atoms. The predicted molar refractivity (Wildman–Crippen MR) is 163 cm³/mol. The summed E-state index contributed by atoms with van der Waals surface area (Å²) in [4.78, 5) is 31.5. The van der Waals surface area contributed by atoms with Gasteiger partial charge in [0, 0.05) is 50.9 Å². The molecule has 13 heteroatoms. The lowest BCUT2D eigenvalue weighted by molar-refractivity contribution is 0.103. The molecule has 0 atom stereocenters. The smallest absolute Gasteiger partial charge is 0.408 e. The van der Waals surface area contributed by atoms with Crippen molar-refractivity contribution >= 4 is 58.4 Å². The van der Waals surface area contributed by atoms with Gasteiger partial charge in [-0.2, -0.15) is 0 Å². The molecule has 1 fully saturated rings. The van der Waals surface area contributed by atoms with Gasteiger partial charge in [0.2, 0.25) is 0 Å². The highest BCUT2D eigenvalue weighted by Gasteiger charge is 2.28. The van der Waals surface area contributed by atoms with E-state index in [1.54, 1.807) is 12.3 Å². The van der Waals surface area contributed by atoms with Crippen molar-refractivity contribution in [2.45, 2.75) is 53.8 Å². The van der Waals surface area contributed by atoms with Crippen LogP contribution in [0.2, 0.25) is 5.02 Å². The molecular weight excluding hydrogens is 549 g/mol. The third-order valence-electron chi connectivity index (χ3n) is 6.20. The lowest BCUT2D eigenvalue weighted by atomic mass is 9.87. The van der Waals surface area contributed by atoms with Crippen molar-refractivity contribution in [3.05, 3.63) is 51.7 Å². The van der Waals surface area contributed by atoms with Crippen molar-refractivity contribution in [3.8, 4) is 0 Å². The molecule has 1 aromatic carbocycles. The van der Waals surface area contributed by atoms with E-state index in [1.807, 2.05) is 59.7 Å². The molecule has 4 rings (SSSR count). The summed E-state index contributed by atoms with van der Waals surface area (Å²) in [6.45, 7) is 15.3. The van der Waals surface area contributed by atoms with Crippen LogP contribution in [0.15, 0.2) is 30.5 Å². The summed E-state index contributed by atoms with van der Waals surface area (Å²) in [7, 11) is -0.248. The minimum absolute atomic E-state index is 0.106. The molecule has 0 aliphatic carbocycles. The average Bonchev–Trinajstić information content (AvgIpc) is 3.34. The van der Waals surface area contributed by atoms with E-state index in [2.05, 4.69) is 35.4 Å². The molecule has 214 valence electrons. The number of rotatable bonds is 11. The fourth-order valence-corrected chi connectivity index (χ4v) is 5.37. The van der Waals surface area contributed by atoms with Gasteiger partial charge < -0.3 is 29.7 Å². The van der Waals surface area contributed by atoms with E-state index in [1.165, 1.54) is 11.3 Å². The van der Waals surface area contributed by atoms with E-state index in [9.17, 15) is 4.79 Å². The zero-order chi connectivity index (χ0) is 28.8. The fraction of sp³-hybridized carbons (Fsp3) is 0.481. The second-order valence-electron chi connectivity index (χ2n) is 10.3. The van der Waals surface area contributed by atoms with Crippen molar-refractivity contribution in [2.75, 3.05) is 48.2 Å². The van der Waals surface area contributed by atoms with Gasteiger partial charge in [0.25, 0.3) is 5.91 Å². The number of carbonyl (C=O) groups is 1. The van der Waals surface area contributed by atoms with Crippen LogP contribution in [-0.4, -0.2) is 77.7 Å². The average molecular weight is 586 g/mol. The van der Waals surface area contributed by atoms with Crippen LogP contribution in [0, 0.1) is 13.8 Å². The summed E-state index contributed by atoms with van der Waals surface area (Å²) >= 11 is 7.51. The number of thiazole rings is 1. The summed E-state index contributed by atoms with van der Waals surface area (Å²) in [5, 5.41) is 7.18. The first-order valence-corrected chi connectivity index (χ1v) is 14.7. The van der Waals surface area contributed by atoms with Crippen molar-refractivity contribution < 1.29 is 14.1 Å². The Balaban J connectivity index is 1.36. The number of benzene rings is 1. The topological polar surface area (TPSA) is 105 Å². The monoisotopic (exact) mass is 585 g/mol. The molecule has 10 nitrogen and oxygen atoms in total. The van der Waals surface area contributed by atoms with Crippen LogP contribution >= 0.6 is 22.9 Å². The molecule has 1 saturated heterocycles. The minimum Gasteiger partial charge on any atom is -0.408 e. The number of carbonyl (C=O) groups excluding carboxylic acids is 1. The van der Waals surface area contributed by atoms with E-state index in [0.29, 0.717) is 32.4 Å². The Hall–Kier alpha value is -2.77. The summed E-state index contributed by atoms with van der Waals surface area (Å²) in [6.07, 6.45) is 2.49. The van der Waals surface area contributed by atoms with E-state index in [-0.39, 0.29) is 25.2 Å². The molecule has 1 aliphatic heterocycles. The lowest BCUT2D eigenvalue weighted by Gasteiger charge is -2.36. The molecule has 0 spiro atoms. The van der Waals surface area contributed by atoms with E-state index in [4.69, 9.17) is 20.9 Å². The highest BCUT2D eigenvalue weighted by molar-refractivity contribution is 7.17. The highest BCUT2D eigenvalue weighted by Crippen LogP contribution is 2.28. The van der Waals surface area contributed by atoms with Gasteiger partial charge in [-0.15, -0.1) is 0 Å². The number of aryl methyl sites for hydroxylation is 2. The van der Waals surface area contributed by atoms with Gasteiger partial charge in [-0.25, -0.2) is 15.0 Å². The number of para-hydroxylation sites is 1. The lowest BCUT2D eigenvalue weighted by Crippen LogP contribution is -2.51. The van der Waals surface area contributed by atoms with Crippen molar-refractivity contribution in [1.82, 2.24) is 19.9 Å². The van der Waals surface area contributed by atoms with Crippen LogP contribution in [0.25, 0.3) is 0 Å². The zero-order valence-electron chi connectivity index (χ0n) is 23.9. The standard InChI is InChI=1S/C27H37BClN7O3S/c1-17(2)38-28(39-18(3)4)16-35-10-12-36(13-11-35)24-14-23(31-20(6)32-24)33-27-30-15-22(40-27)26(37)34-25-19(5)8-7-9-21(25)29/h7-9,14-15,17-18H,10-13,16H2,1-6H3,(H,34,37)(H,30,31,32,33). The second-order valence-corrected chi connectivity index (χ2v) is 11.7. The first-order chi connectivity index (χ1) is 19.1. The third kappa shape index (κ3) is 8.37. The van der Waals surface area contributed by atoms with E-state index >= 15 is 0 Å². The molecule has 2 N–H and O–H groups in total. The van der Waals surface area contributed by atoms with Crippen LogP contribution in [0.3, 0.4) is 0 Å². The predicted octanol–water partition coefficient (Wildman–Crippen LogP) is 5.20. The SMILES string of the molecule is Cc1nc(Nc2ncc(C(=O)Nc3c(C)cccc3Cl)s2)cc(N2CCN(CB(OC(C)C)OC(C)C)CC2)n1. The number of nitrogens with zero attached hydrogens (tertiary/aromatic N) is 5. The molecule has 1 aliphatic rings. The Bertz CT molecular complexity index is 1270. The molecule has 0 radical (unpaired) electrons. The number of piperazine rings is 1. The number of hydrogen-bond acceptors (Lipinski definition) is 10. The van der Waals surface area contributed by atoms with Crippen molar-refractivity contribution in [1.29, 1.82) is 0 Å². The van der Waals surface area contributed by atoms with Gasteiger partial charge in [0.15, 0.2) is 5.13 Å². The Morgan fingerprint density at radius 2 is 1.80 bits per heavy atom. The molecule has 3 aromatic rings. The molecule has 0 unspecified atom stereocenters. The maximum Gasteiger partial charge on any atom is 0.472 e. The van der Waals surface area contributed by atoms with Gasteiger partial charge in [0.1, 0.15) is 22.3 Å². The largest absolute Gasteiger partial charge is 0.472 e. The summed E-state index contributed by atoms with van der Waals surface area (Å²) in [5.74, 6) is 1.87. The minimum atomic E-state index is -0.265. The van der Waals surface area contributed by atoms with E-state index in [0.717, 1.165) is 44.0 Å². The van der Waals surface area contributed by atoms with Crippen molar-refractivity contribution in [3.63, 3.8) is 0 Å². The second kappa shape index (κ2) is 13.7. The first-order valence-electron chi connectivity index (χ1n) is 13.5. The van der Waals surface area contributed by atoms with Crippen LogP contribution in [-0.2, 0) is 9.31 Å². The fourth-order valence-electron chi connectivity index (χ4n) is 4.39. The Labute approximate surface area is 245 Å². The van der Waals surface area contributed by atoms with Crippen LogP contribution < -0.4 is 15.5 Å². The number of aromatic nitrogens is 3. The molecule has 2 aromatic heterocycles. The Morgan fingerprint density at radius 3 is 2.45 bits per heavy atom. The normalized spacial score (nSPS) is 14.2. The highest BCUT2D eigenvalue weighted by atomic mass is 35.5. The summed E-state index contributed by atoms with van der Waals surface area (Å²) < 4.78 is 12.0. The number of anilines is 4. The summed E-state index contributed by atoms with van der Waals surface area (Å²) in [5.41, 5.74) is 1.49. The molecule has 3 heterocycles. The van der Waals surface area contributed by atoms with E-state index < -0.39 is 0 Å². The molecule has 0 saturated carbocycles. The van der Waals surface area contributed by atoms with Gasteiger partial charge in [-0.05, 0) is 53.2 Å². The quantitative estimate of drug-likeness (QED) is 0.294. The zero-order valence-corrected chi connectivity index (χ0v) is 25.5. The molecule has 0 bridgehead atoms. The molecular formula is C27H37BClN7O3S. The van der Waals surface area contributed by atoms with Gasteiger partial charge in [-0.1, -0.05) is 35.1 Å². The van der Waals surface area contributed by atoms with Crippen molar-refractivity contribution in [2.24, 2.45) is 0 Å². The first kappa shape index (κ1) is 30.2. The number of nitrogens with one attached hydrogen (secondary N) is 2. The van der Waals surface area contributed by atoms with Gasteiger partial charge >= 0.3 is 7.12 Å². The molecule has 1 amide bonds. The third-order valence-corrected chi connectivity index (χ3v) is 7.43. The summed E-state index contributed by atoms with van der Waals surface area (Å²) in [6, 6.07) is 7.41. The maximum atomic E-state index is 12.8. The van der Waals surface area contributed by atoms with Gasteiger partial charge in [0.05, 0.1) is 16.9 Å². The Morgan fingerprint density at radius 1 is 1.10 bits per heavy atom.